The van der Waals surface area contributed by atoms with Crippen molar-refractivity contribution < 1.29 is 4.74 Å². The number of hydrogen-bond donors (Lipinski definition) is 1. The SMILES string of the molecule is CCNCCCOc1ccc(Br)cc1Cl. The summed E-state index contributed by atoms with van der Waals surface area (Å²) in [6.07, 6.45) is 0.986. The molecule has 0 spiro atoms. The highest BCUT2D eigenvalue weighted by atomic mass is 79.9. The van der Waals surface area contributed by atoms with Crippen molar-refractivity contribution in [1.29, 1.82) is 0 Å². The summed E-state index contributed by atoms with van der Waals surface area (Å²) in [5.41, 5.74) is 0. The Bertz CT molecular complexity index is 307. The first-order chi connectivity index (χ1) is 7.24. The van der Waals surface area contributed by atoms with Crippen LogP contribution in [0.15, 0.2) is 22.7 Å². The van der Waals surface area contributed by atoms with Crippen LogP contribution in [0, 0.1) is 0 Å². The second-order valence-corrected chi connectivity index (χ2v) is 4.45. The molecule has 4 heteroatoms. The van der Waals surface area contributed by atoms with Crippen LogP contribution >= 0.6 is 27.5 Å². The summed E-state index contributed by atoms with van der Waals surface area (Å²) < 4.78 is 6.51. The second kappa shape index (κ2) is 7.09. The lowest BCUT2D eigenvalue weighted by Gasteiger charge is -2.08. The van der Waals surface area contributed by atoms with Crippen molar-refractivity contribution >= 4 is 27.5 Å². The van der Waals surface area contributed by atoms with Crippen LogP contribution in [0.1, 0.15) is 13.3 Å². The Balaban J connectivity index is 2.31. The lowest BCUT2D eigenvalue weighted by atomic mass is 10.3. The molecule has 1 N–H and O–H groups in total. The third kappa shape index (κ3) is 4.87. The van der Waals surface area contributed by atoms with Crippen molar-refractivity contribution in [3.8, 4) is 5.75 Å². The van der Waals surface area contributed by atoms with E-state index in [0.29, 0.717) is 11.6 Å². The third-order valence-corrected chi connectivity index (χ3v) is 2.69. The monoisotopic (exact) mass is 291 g/mol. The fourth-order valence-electron chi connectivity index (χ4n) is 1.15. The molecule has 84 valence electrons. The molecule has 0 unspecified atom stereocenters. The van der Waals surface area contributed by atoms with Crippen molar-refractivity contribution in [3.63, 3.8) is 0 Å². The third-order valence-electron chi connectivity index (χ3n) is 1.90. The fourth-order valence-corrected chi connectivity index (χ4v) is 1.88. The minimum atomic E-state index is 0.646. The highest BCUT2D eigenvalue weighted by molar-refractivity contribution is 9.10. The van der Waals surface area contributed by atoms with Gasteiger partial charge in [-0.15, -0.1) is 0 Å². The van der Waals surface area contributed by atoms with E-state index in [-0.39, 0.29) is 0 Å². The van der Waals surface area contributed by atoms with Gasteiger partial charge in [0.25, 0.3) is 0 Å². The molecule has 0 radical (unpaired) electrons. The van der Waals surface area contributed by atoms with Crippen LogP contribution in [0.5, 0.6) is 5.75 Å². The van der Waals surface area contributed by atoms with Gasteiger partial charge < -0.3 is 10.1 Å². The summed E-state index contributed by atoms with van der Waals surface area (Å²) >= 11 is 9.35. The van der Waals surface area contributed by atoms with Gasteiger partial charge in [-0.1, -0.05) is 34.5 Å². The van der Waals surface area contributed by atoms with Gasteiger partial charge in [-0.3, -0.25) is 0 Å². The van der Waals surface area contributed by atoms with Crippen molar-refractivity contribution in [3.05, 3.63) is 27.7 Å². The van der Waals surface area contributed by atoms with Gasteiger partial charge in [-0.25, -0.2) is 0 Å². The van der Waals surface area contributed by atoms with E-state index in [2.05, 4.69) is 28.2 Å². The Morgan fingerprint density at radius 1 is 1.47 bits per heavy atom. The summed E-state index contributed by atoms with van der Waals surface area (Å²) in [7, 11) is 0. The normalized spacial score (nSPS) is 10.3. The molecule has 1 aromatic carbocycles. The molecule has 0 aliphatic rings. The van der Waals surface area contributed by atoms with E-state index in [4.69, 9.17) is 16.3 Å². The highest BCUT2D eigenvalue weighted by Gasteiger charge is 2.01. The van der Waals surface area contributed by atoms with Crippen molar-refractivity contribution in [2.45, 2.75) is 13.3 Å². The summed E-state index contributed by atoms with van der Waals surface area (Å²) in [6, 6.07) is 5.63. The molecule has 0 bridgehead atoms. The molecule has 2 nitrogen and oxygen atoms in total. The summed E-state index contributed by atoms with van der Waals surface area (Å²) in [5.74, 6) is 0.747. The van der Waals surface area contributed by atoms with Crippen LogP contribution in [0.3, 0.4) is 0 Å². The van der Waals surface area contributed by atoms with Gasteiger partial charge in [0.05, 0.1) is 11.6 Å². The van der Waals surface area contributed by atoms with E-state index in [1.54, 1.807) is 0 Å². The van der Waals surface area contributed by atoms with Gasteiger partial charge in [-0.05, 0) is 37.7 Å². The fraction of sp³-hybridized carbons (Fsp3) is 0.455. The van der Waals surface area contributed by atoms with E-state index in [1.165, 1.54) is 0 Å². The molecule has 1 aromatic rings. The zero-order valence-corrected chi connectivity index (χ0v) is 11.1. The van der Waals surface area contributed by atoms with Gasteiger partial charge in [0.15, 0.2) is 0 Å². The van der Waals surface area contributed by atoms with E-state index < -0.39 is 0 Å². The summed E-state index contributed by atoms with van der Waals surface area (Å²) in [4.78, 5) is 0. The van der Waals surface area contributed by atoms with E-state index in [0.717, 1.165) is 29.7 Å². The van der Waals surface area contributed by atoms with Gasteiger partial charge in [-0.2, -0.15) is 0 Å². The summed E-state index contributed by atoms with van der Waals surface area (Å²) in [5, 5.41) is 3.88. The highest BCUT2D eigenvalue weighted by Crippen LogP contribution is 2.27. The smallest absolute Gasteiger partial charge is 0.137 e. The van der Waals surface area contributed by atoms with Gasteiger partial charge in [0.2, 0.25) is 0 Å². The number of benzene rings is 1. The maximum absolute atomic E-state index is 6.00. The lowest BCUT2D eigenvalue weighted by molar-refractivity contribution is 0.309. The molecule has 0 aliphatic heterocycles. The van der Waals surface area contributed by atoms with E-state index >= 15 is 0 Å². The first kappa shape index (κ1) is 12.8. The largest absolute Gasteiger partial charge is 0.492 e. The molecule has 0 amide bonds. The van der Waals surface area contributed by atoms with Crippen LogP contribution in [-0.4, -0.2) is 19.7 Å². The second-order valence-electron chi connectivity index (χ2n) is 3.13. The molecule has 0 fully saturated rings. The molecule has 0 saturated carbocycles. The van der Waals surface area contributed by atoms with Crippen LogP contribution in [0.25, 0.3) is 0 Å². The van der Waals surface area contributed by atoms with E-state index in [9.17, 15) is 0 Å². The van der Waals surface area contributed by atoms with Crippen LogP contribution < -0.4 is 10.1 Å². The molecular formula is C11H15BrClNO. The molecule has 0 aliphatic carbocycles. The lowest BCUT2D eigenvalue weighted by Crippen LogP contribution is -2.16. The first-order valence-corrected chi connectivity index (χ1v) is 6.19. The number of halogens is 2. The number of ether oxygens (including phenoxy) is 1. The van der Waals surface area contributed by atoms with Crippen molar-refractivity contribution in [2.24, 2.45) is 0 Å². The molecule has 0 atom stereocenters. The standard InChI is InChI=1S/C11H15BrClNO/c1-2-14-6-3-7-15-11-5-4-9(12)8-10(11)13/h4-5,8,14H,2-3,6-7H2,1H3. The molecule has 0 aromatic heterocycles. The Morgan fingerprint density at radius 3 is 2.93 bits per heavy atom. The zero-order chi connectivity index (χ0) is 11.1. The van der Waals surface area contributed by atoms with Crippen molar-refractivity contribution in [1.82, 2.24) is 5.32 Å². The van der Waals surface area contributed by atoms with Gasteiger partial charge in [0, 0.05) is 4.47 Å². The van der Waals surface area contributed by atoms with E-state index in [1.807, 2.05) is 18.2 Å². The topological polar surface area (TPSA) is 21.3 Å². The van der Waals surface area contributed by atoms with Crippen LogP contribution in [0.4, 0.5) is 0 Å². The minimum Gasteiger partial charge on any atom is -0.492 e. The molecule has 0 heterocycles. The predicted molar refractivity (Wildman–Crippen MR) is 67.8 cm³/mol. The number of rotatable bonds is 6. The maximum Gasteiger partial charge on any atom is 0.137 e. The number of nitrogens with one attached hydrogen (secondary N) is 1. The van der Waals surface area contributed by atoms with Crippen LogP contribution in [0.2, 0.25) is 5.02 Å². The first-order valence-electron chi connectivity index (χ1n) is 5.02. The Morgan fingerprint density at radius 2 is 2.27 bits per heavy atom. The molecular weight excluding hydrogens is 277 g/mol. The molecule has 0 saturated heterocycles. The quantitative estimate of drug-likeness (QED) is 0.811. The predicted octanol–water partition coefficient (Wildman–Crippen LogP) is 3.48. The van der Waals surface area contributed by atoms with Gasteiger partial charge in [0.1, 0.15) is 5.75 Å². The minimum absolute atomic E-state index is 0.646. The Hall–Kier alpha value is -0.250. The Kier molecular flexibility index (Phi) is 6.06. The summed E-state index contributed by atoms with van der Waals surface area (Å²) in [6.45, 7) is 4.75. The maximum atomic E-state index is 6.00. The number of hydrogen-bond acceptors (Lipinski definition) is 2. The van der Waals surface area contributed by atoms with Gasteiger partial charge >= 0.3 is 0 Å². The molecule has 1 rings (SSSR count). The molecule has 15 heavy (non-hydrogen) atoms. The average Bonchev–Trinajstić information content (AvgIpc) is 2.20. The van der Waals surface area contributed by atoms with Crippen molar-refractivity contribution in [2.75, 3.05) is 19.7 Å². The Labute approximate surface area is 104 Å². The average molecular weight is 293 g/mol. The van der Waals surface area contributed by atoms with Crippen LogP contribution in [-0.2, 0) is 0 Å². The zero-order valence-electron chi connectivity index (χ0n) is 8.72.